The van der Waals surface area contributed by atoms with Crippen LogP contribution in [0.5, 0.6) is 5.75 Å². The highest BCUT2D eigenvalue weighted by atomic mass is 16.5. The van der Waals surface area contributed by atoms with E-state index in [0.717, 1.165) is 11.1 Å². The summed E-state index contributed by atoms with van der Waals surface area (Å²) in [7, 11) is 3.63. The molecule has 0 aliphatic rings. The Morgan fingerprint density at radius 3 is 2.86 bits per heavy atom. The van der Waals surface area contributed by atoms with Crippen LogP contribution in [-0.2, 0) is 18.4 Å². The standard InChI is InChI=1S/C16H21N3O2/c1-12-6-5-7-15(8-12)21-13(2)16(20)18(3)10-14-9-17-19(4)11-14/h5-9,11,13H,10H2,1-4H3. The van der Waals surface area contributed by atoms with Gasteiger partial charge in [0.2, 0.25) is 0 Å². The number of carbonyl (C=O) groups is 1. The molecule has 0 aliphatic carbocycles. The van der Waals surface area contributed by atoms with Crippen LogP contribution in [0.3, 0.4) is 0 Å². The molecule has 1 amide bonds. The summed E-state index contributed by atoms with van der Waals surface area (Å²) in [6.07, 6.45) is 3.14. The summed E-state index contributed by atoms with van der Waals surface area (Å²) in [5, 5.41) is 4.10. The van der Waals surface area contributed by atoms with E-state index in [2.05, 4.69) is 5.10 Å². The zero-order chi connectivity index (χ0) is 15.4. The molecule has 0 spiro atoms. The largest absolute Gasteiger partial charge is 0.481 e. The molecule has 2 aromatic rings. The van der Waals surface area contributed by atoms with E-state index < -0.39 is 6.10 Å². The third kappa shape index (κ3) is 4.08. The van der Waals surface area contributed by atoms with Crippen LogP contribution in [0.1, 0.15) is 18.1 Å². The van der Waals surface area contributed by atoms with E-state index in [0.29, 0.717) is 12.3 Å². The SMILES string of the molecule is Cc1cccc(OC(C)C(=O)N(C)Cc2cnn(C)c2)c1. The first-order chi connectivity index (χ1) is 9.95. The molecule has 0 bridgehead atoms. The van der Waals surface area contributed by atoms with Gasteiger partial charge in [0.25, 0.3) is 5.91 Å². The first kappa shape index (κ1) is 15.1. The van der Waals surface area contributed by atoms with E-state index in [9.17, 15) is 4.79 Å². The van der Waals surface area contributed by atoms with Crippen LogP contribution in [0, 0.1) is 6.92 Å². The number of aromatic nitrogens is 2. The topological polar surface area (TPSA) is 47.4 Å². The van der Waals surface area contributed by atoms with Crippen molar-refractivity contribution in [2.75, 3.05) is 7.05 Å². The van der Waals surface area contributed by atoms with Gasteiger partial charge in [-0.05, 0) is 31.5 Å². The summed E-state index contributed by atoms with van der Waals surface area (Å²) in [6, 6.07) is 7.69. The van der Waals surface area contributed by atoms with Crippen molar-refractivity contribution in [3.63, 3.8) is 0 Å². The second-order valence-corrected chi connectivity index (χ2v) is 5.29. The number of aryl methyl sites for hydroxylation is 2. The summed E-state index contributed by atoms with van der Waals surface area (Å²) in [4.78, 5) is 14.0. The van der Waals surface area contributed by atoms with E-state index in [-0.39, 0.29) is 5.91 Å². The van der Waals surface area contributed by atoms with E-state index in [1.807, 2.05) is 44.4 Å². The van der Waals surface area contributed by atoms with E-state index in [1.54, 1.807) is 29.7 Å². The van der Waals surface area contributed by atoms with Crippen molar-refractivity contribution in [3.8, 4) is 5.75 Å². The zero-order valence-corrected chi connectivity index (χ0v) is 12.9. The molecule has 0 saturated carbocycles. The van der Waals surface area contributed by atoms with E-state index >= 15 is 0 Å². The first-order valence-corrected chi connectivity index (χ1v) is 6.91. The Bertz CT molecular complexity index is 621. The van der Waals surface area contributed by atoms with Crippen molar-refractivity contribution in [3.05, 3.63) is 47.8 Å². The summed E-state index contributed by atoms with van der Waals surface area (Å²) in [5.74, 6) is 0.658. The van der Waals surface area contributed by atoms with Gasteiger partial charge in [0, 0.05) is 32.4 Å². The van der Waals surface area contributed by atoms with Crippen LogP contribution >= 0.6 is 0 Å². The fourth-order valence-corrected chi connectivity index (χ4v) is 2.16. The maximum atomic E-state index is 12.3. The van der Waals surface area contributed by atoms with Crippen LogP contribution in [0.2, 0.25) is 0 Å². The summed E-state index contributed by atoms with van der Waals surface area (Å²) < 4.78 is 7.43. The minimum atomic E-state index is -0.520. The Balaban J connectivity index is 1.95. The number of rotatable bonds is 5. The molecular formula is C16H21N3O2. The number of ether oxygens (including phenoxy) is 1. The van der Waals surface area contributed by atoms with Crippen molar-refractivity contribution < 1.29 is 9.53 Å². The Morgan fingerprint density at radius 2 is 2.24 bits per heavy atom. The quantitative estimate of drug-likeness (QED) is 0.846. The van der Waals surface area contributed by atoms with Gasteiger partial charge in [-0.1, -0.05) is 12.1 Å². The van der Waals surface area contributed by atoms with Gasteiger partial charge < -0.3 is 9.64 Å². The average Bonchev–Trinajstić information content (AvgIpc) is 2.83. The highest BCUT2D eigenvalue weighted by Crippen LogP contribution is 2.15. The lowest BCUT2D eigenvalue weighted by atomic mass is 10.2. The Hall–Kier alpha value is -2.30. The molecule has 1 atom stereocenters. The predicted molar refractivity (Wildman–Crippen MR) is 81.0 cm³/mol. The minimum Gasteiger partial charge on any atom is -0.481 e. The van der Waals surface area contributed by atoms with Crippen molar-refractivity contribution in [2.24, 2.45) is 7.05 Å². The summed E-state index contributed by atoms with van der Waals surface area (Å²) in [6.45, 7) is 4.28. The van der Waals surface area contributed by atoms with Crippen LogP contribution in [0.25, 0.3) is 0 Å². The lowest BCUT2D eigenvalue weighted by Crippen LogP contribution is -2.37. The van der Waals surface area contributed by atoms with Crippen molar-refractivity contribution in [2.45, 2.75) is 26.5 Å². The van der Waals surface area contributed by atoms with Crippen molar-refractivity contribution in [1.29, 1.82) is 0 Å². The summed E-state index contributed by atoms with van der Waals surface area (Å²) >= 11 is 0. The van der Waals surface area contributed by atoms with Crippen molar-refractivity contribution >= 4 is 5.91 Å². The van der Waals surface area contributed by atoms with Gasteiger partial charge in [0.1, 0.15) is 5.75 Å². The maximum absolute atomic E-state index is 12.3. The number of amides is 1. The Kier molecular flexibility index (Phi) is 4.62. The lowest BCUT2D eigenvalue weighted by Gasteiger charge is -2.21. The molecule has 2 rings (SSSR count). The van der Waals surface area contributed by atoms with E-state index in [4.69, 9.17) is 4.74 Å². The van der Waals surface area contributed by atoms with Crippen molar-refractivity contribution in [1.82, 2.24) is 14.7 Å². The number of nitrogens with zero attached hydrogens (tertiary/aromatic N) is 3. The second-order valence-electron chi connectivity index (χ2n) is 5.29. The molecule has 5 heteroatoms. The molecule has 112 valence electrons. The molecule has 0 aliphatic heterocycles. The maximum Gasteiger partial charge on any atom is 0.263 e. The Labute approximate surface area is 125 Å². The molecule has 1 unspecified atom stereocenters. The molecule has 1 heterocycles. The average molecular weight is 287 g/mol. The number of hydrogen-bond donors (Lipinski definition) is 0. The van der Waals surface area contributed by atoms with Crippen LogP contribution in [-0.4, -0.2) is 33.7 Å². The van der Waals surface area contributed by atoms with Gasteiger partial charge in [-0.2, -0.15) is 5.10 Å². The zero-order valence-electron chi connectivity index (χ0n) is 12.9. The number of benzene rings is 1. The minimum absolute atomic E-state index is 0.0552. The molecule has 1 aromatic carbocycles. The highest BCUT2D eigenvalue weighted by molar-refractivity contribution is 5.80. The van der Waals surface area contributed by atoms with Gasteiger partial charge in [-0.3, -0.25) is 9.48 Å². The molecule has 21 heavy (non-hydrogen) atoms. The predicted octanol–water partition coefficient (Wildman–Crippen LogP) is 2.15. The van der Waals surface area contributed by atoms with Gasteiger partial charge >= 0.3 is 0 Å². The molecular weight excluding hydrogens is 266 g/mol. The molecule has 0 saturated heterocycles. The van der Waals surface area contributed by atoms with Crippen LogP contribution < -0.4 is 4.74 Å². The van der Waals surface area contributed by atoms with Gasteiger partial charge in [-0.25, -0.2) is 0 Å². The fraction of sp³-hybridized carbons (Fsp3) is 0.375. The third-order valence-electron chi connectivity index (χ3n) is 3.20. The monoisotopic (exact) mass is 287 g/mol. The number of likely N-dealkylation sites (N-methyl/N-ethyl adjacent to an activating group) is 1. The summed E-state index contributed by atoms with van der Waals surface area (Å²) in [5.41, 5.74) is 2.10. The van der Waals surface area contributed by atoms with E-state index in [1.165, 1.54) is 0 Å². The van der Waals surface area contributed by atoms with Gasteiger partial charge in [0.05, 0.1) is 6.20 Å². The molecule has 5 nitrogen and oxygen atoms in total. The number of hydrogen-bond acceptors (Lipinski definition) is 3. The fourth-order valence-electron chi connectivity index (χ4n) is 2.16. The third-order valence-corrected chi connectivity index (χ3v) is 3.20. The van der Waals surface area contributed by atoms with Crippen LogP contribution in [0.4, 0.5) is 0 Å². The first-order valence-electron chi connectivity index (χ1n) is 6.91. The molecule has 0 fully saturated rings. The second kappa shape index (κ2) is 6.43. The lowest BCUT2D eigenvalue weighted by molar-refractivity contribution is -0.137. The smallest absolute Gasteiger partial charge is 0.263 e. The molecule has 0 N–H and O–H groups in total. The normalized spacial score (nSPS) is 12.0. The Morgan fingerprint density at radius 1 is 1.48 bits per heavy atom. The van der Waals surface area contributed by atoms with Gasteiger partial charge in [-0.15, -0.1) is 0 Å². The van der Waals surface area contributed by atoms with Gasteiger partial charge in [0.15, 0.2) is 6.10 Å². The molecule has 1 aromatic heterocycles. The molecule has 0 radical (unpaired) electrons. The van der Waals surface area contributed by atoms with Crippen LogP contribution in [0.15, 0.2) is 36.7 Å². The number of carbonyl (C=O) groups excluding carboxylic acids is 1. The highest BCUT2D eigenvalue weighted by Gasteiger charge is 2.19.